The number of nitriles is 1. The van der Waals surface area contributed by atoms with Crippen LogP contribution >= 0.6 is 0 Å². The molecule has 6 heteroatoms. The van der Waals surface area contributed by atoms with E-state index in [0.29, 0.717) is 18.9 Å². The summed E-state index contributed by atoms with van der Waals surface area (Å²) in [6.45, 7) is 5.03. The Balaban J connectivity index is 2.43. The summed E-state index contributed by atoms with van der Waals surface area (Å²) in [7, 11) is 0. The molecule has 1 aromatic heterocycles. The van der Waals surface area contributed by atoms with E-state index in [2.05, 4.69) is 16.3 Å². The Morgan fingerprint density at radius 1 is 1.40 bits per heavy atom. The normalized spacial score (nSPS) is 10.3. The number of rotatable bonds is 5. The first-order valence-electron chi connectivity index (χ1n) is 6.50. The predicted molar refractivity (Wildman–Crippen MR) is 75.8 cm³/mol. The molecule has 0 aliphatic carbocycles. The molecule has 1 heterocycles. The molecule has 20 heavy (non-hydrogen) atoms. The van der Waals surface area contributed by atoms with Gasteiger partial charge in [0, 0.05) is 13.1 Å². The van der Waals surface area contributed by atoms with Gasteiger partial charge in [-0.25, -0.2) is 0 Å². The molecule has 0 atom stereocenters. The molecule has 2 rings (SSSR count). The van der Waals surface area contributed by atoms with Crippen LogP contribution in [0.2, 0.25) is 0 Å². The highest BCUT2D eigenvalue weighted by molar-refractivity contribution is 5.50. The average Bonchev–Trinajstić information content (AvgIpc) is 2.89. The number of aromatic nitrogens is 3. The summed E-state index contributed by atoms with van der Waals surface area (Å²) in [4.78, 5) is 3.29. The van der Waals surface area contributed by atoms with Crippen molar-refractivity contribution in [3.63, 3.8) is 0 Å². The minimum atomic E-state index is 0.00993. The smallest absolute Gasteiger partial charge is 0.207 e. The van der Waals surface area contributed by atoms with Gasteiger partial charge < -0.3 is 10.0 Å². The molecule has 2 aromatic rings. The highest BCUT2D eigenvalue weighted by atomic mass is 16.3. The van der Waals surface area contributed by atoms with Gasteiger partial charge in [0.2, 0.25) is 5.69 Å². The van der Waals surface area contributed by atoms with Gasteiger partial charge in [-0.3, -0.25) is 0 Å². The molecular formula is C14H17N5O. The molecule has 0 bridgehead atoms. The fraction of sp³-hybridized carbons (Fsp3) is 0.357. The van der Waals surface area contributed by atoms with Crippen molar-refractivity contribution in [3.8, 4) is 11.8 Å². The van der Waals surface area contributed by atoms with E-state index in [4.69, 9.17) is 5.11 Å². The number of aliphatic hydroxyl groups excluding tert-OH is 1. The van der Waals surface area contributed by atoms with E-state index in [-0.39, 0.29) is 12.3 Å². The number of benzene rings is 1. The molecule has 0 aliphatic heterocycles. The SMILES string of the molecule is CCN(CCO)c1nn(-c2cccc(C)c2)nc1C#N. The first kappa shape index (κ1) is 14.0. The molecular weight excluding hydrogens is 254 g/mol. The average molecular weight is 271 g/mol. The van der Waals surface area contributed by atoms with E-state index < -0.39 is 0 Å². The number of anilines is 1. The Bertz CT molecular complexity index is 629. The summed E-state index contributed by atoms with van der Waals surface area (Å²) in [5.41, 5.74) is 2.18. The van der Waals surface area contributed by atoms with Crippen molar-refractivity contribution in [2.24, 2.45) is 0 Å². The van der Waals surface area contributed by atoms with E-state index >= 15 is 0 Å². The number of hydrogen-bond acceptors (Lipinski definition) is 5. The molecule has 0 amide bonds. The summed E-state index contributed by atoms with van der Waals surface area (Å²) in [5.74, 6) is 0.505. The Labute approximate surface area is 117 Å². The monoisotopic (exact) mass is 271 g/mol. The van der Waals surface area contributed by atoms with Gasteiger partial charge in [-0.1, -0.05) is 12.1 Å². The maximum Gasteiger partial charge on any atom is 0.207 e. The van der Waals surface area contributed by atoms with Crippen molar-refractivity contribution in [2.75, 3.05) is 24.6 Å². The van der Waals surface area contributed by atoms with E-state index in [1.165, 1.54) is 4.80 Å². The highest BCUT2D eigenvalue weighted by Gasteiger charge is 2.17. The maximum absolute atomic E-state index is 9.19. The van der Waals surface area contributed by atoms with Crippen molar-refractivity contribution in [1.29, 1.82) is 5.26 Å². The molecule has 0 spiro atoms. The van der Waals surface area contributed by atoms with Crippen molar-refractivity contribution < 1.29 is 5.11 Å². The Hall–Kier alpha value is -2.39. The summed E-state index contributed by atoms with van der Waals surface area (Å²) in [6, 6.07) is 9.81. The minimum absolute atomic E-state index is 0.00993. The molecule has 0 radical (unpaired) electrons. The van der Waals surface area contributed by atoms with Crippen LogP contribution in [0.25, 0.3) is 5.69 Å². The lowest BCUT2D eigenvalue weighted by atomic mass is 10.2. The van der Waals surface area contributed by atoms with Gasteiger partial charge >= 0.3 is 0 Å². The summed E-state index contributed by atoms with van der Waals surface area (Å²) < 4.78 is 0. The lowest BCUT2D eigenvalue weighted by molar-refractivity contribution is 0.302. The lowest BCUT2D eigenvalue weighted by Crippen LogP contribution is -2.27. The first-order valence-corrected chi connectivity index (χ1v) is 6.50. The lowest BCUT2D eigenvalue weighted by Gasteiger charge is -2.18. The van der Waals surface area contributed by atoms with Crippen molar-refractivity contribution in [1.82, 2.24) is 15.0 Å². The fourth-order valence-electron chi connectivity index (χ4n) is 1.99. The van der Waals surface area contributed by atoms with Crippen LogP contribution in [-0.2, 0) is 0 Å². The molecule has 0 unspecified atom stereocenters. The zero-order valence-corrected chi connectivity index (χ0v) is 11.6. The minimum Gasteiger partial charge on any atom is -0.395 e. The highest BCUT2D eigenvalue weighted by Crippen LogP contribution is 2.17. The number of aryl methyl sites for hydroxylation is 1. The Kier molecular flexibility index (Phi) is 4.33. The van der Waals surface area contributed by atoms with E-state index in [1.54, 1.807) is 0 Å². The standard InChI is InChI=1S/C14H17N5O/c1-3-18(7-8-20)14-13(10-15)16-19(17-14)12-6-4-5-11(2)9-12/h4-6,9,20H,3,7-8H2,1-2H3. The van der Waals surface area contributed by atoms with Crippen molar-refractivity contribution in [3.05, 3.63) is 35.5 Å². The van der Waals surface area contributed by atoms with Crippen LogP contribution in [0, 0.1) is 18.3 Å². The molecule has 104 valence electrons. The van der Waals surface area contributed by atoms with Gasteiger partial charge in [0.05, 0.1) is 12.3 Å². The second kappa shape index (κ2) is 6.17. The third-order valence-corrected chi connectivity index (χ3v) is 2.99. The summed E-state index contributed by atoms with van der Waals surface area (Å²) in [6.07, 6.45) is 0. The van der Waals surface area contributed by atoms with Crippen LogP contribution in [0.3, 0.4) is 0 Å². The van der Waals surface area contributed by atoms with Gasteiger partial charge in [-0.15, -0.1) is 15.0 Å². The van der Waals surface area contributed by atoms with Crippen LogP contribution in [0.4, 0.5) is 5.82 Å². The van der Waals surface area contributed by atoms with Crippen LogP contribution in [-0.4, -0.2) is 39.8 Å². The van der Waals surface area contributed by atoms with Crippen LogP contribution in [0.1, 0.15) is 18.2 Å². The molecule has 1 aromatic carbocycles. The van der Waals surface area contributed by atoms with Crippen LogP contribution in [0.5, 0.6) is 0 Å². The van der Waals surface area contributed by atoms with Gasteiger partial charge in [0.1, 0.15) is 6.07 Å². The Morgan fingerprint density at radius 3 is 2.80 bits per heavy atom. The quantitative estimate of drug-likeness (QED) is 0.886. The number of nitrogens with zero attached hydrogens (tertiary/aromatic N) is 5. The molecule has 0 saturated heterocycles. The van der Waals surface area contributed by atoms with Gasteiger partial charge in [0.15, 0.2) is 5.82 Å². The zero-order valence-electron chi connectivity index (χ0n) is 11.6. The van der Waals surface area contributed by atoms with Gasteiger partial charge in [-0.2, -0.15) is 5.26 Å². The van der Waals surface area contributed by atoms with Gasteiger partial charge in [-0.05, 0) is 31.5 Å². The fourth-order valence-corrected chi connectivity index (χ4v) is 1.99. The predicted octanol–water partition coefficient (Wildman–Crippen LogP) is 1.27. The third-order valence-electron chi connectivity index (χ3n) is 2.99. The molecule has 0 saturated carbocycles. The van der Waals surface area contributed by atoms with Gasteiger partial charge in [0.25, 0.3) is 0 Å². The molecule has 6 nitrogen and oxygen atoms in total. The topological polar surface area (TPSA) is 78.0 Å². The number of hydrogen-bond donors (Lipinski definition) is 1. The van der Waals surface area contributed by atoms with Crippen LogP contribution < -0.4 is 4.90 Å². The number of aliphatic hydroxyl groups is 1. The molecule has 1 N–H and O–H groups in total. The first-order chi connectivity index (χ1) is 9.69. The second-order valence-corrected chi connectivity index (χ2v) is 4.42. The summed E-state index contributed by atoms with van der Waals surface area (Å²) in [5, 5.41) is 26.9. The van der Waals surface area contributed by atoms with Crippen molar-refractivity contribution in [2.45, 2.75) is 13.8 Å². The van der Waals surface area contributed by atoms with E-state index in [0.717, 1.165) is 11.3 Å². The maximum atomic E-state index is 9.19. The third kappa shape index (κ3) is 2.78. The summed E-state index contributed by atoms with van der Waals surface area (Å²) >= 11 is 0. The Morgan fingerprint density at radius 2 is 2.20 bits per heavy atom. The van der Waals surface area contributed by atoms with E-state index in [9.17, 15) is 5.26 Å². The second-order valence-electron chi connectivity index (χ2n) is 4.42. The largest absolute Gasteiger partial charge is 0.395 e. The number of likely N-dealkylation sites (N-methyl/N-ethyl adjacent to an activating group) is 1. The van der Waals surface area contributed by atoms with E-state index in [1.807, 2.05) is 43.0 Å². The molecule has 0 aliphatic rings. The van der Waals surface area contributed by atoms with Crippen LogP contribution in [0.15, 0.2) is 24.3 Å². The zero-order chi connectivity index (χ0) is 14.5. The van der Waals surface area contributed by atoms with Crippen molar-refractivity contribution >= 4 is 5.82 Å². The molecule has 0 fully saturated rings.